The van der Waals surface area contributed by atoms with Gasteiger partial charge < -0.3 is 2.85 Å². The number of unbranched alkanes of at least 4 members (excludes halogenated alkanes) is 6. The van der Waals surface area contributed by atoms with Crippen molar-refractivity contribution in [3.05, 3.63) is 0 Å². The Morgan fingerprint density at radius 3 is 2.00 bits per heavy atom. The minimum absolute atomic E-state index is 0. The Balaban J connectivity index is -0.000000282. The van der Waals surface area contributed by atoms with Crippen molar-refractivity contribution in [2.75, 3.05) is 6.61 Å². The summed E-state index contributed by atoms with van der Waals surface area (Å²) >= 11 is 0. The molecule has 0 aromatic carbocycles. The first kappa shape index (κ1) is 18.5. The molecular weight excluding hydrogens is 244 g/mol. The molecule has 1 N–H and O–H groups in total. The Morgan fingerprint density at radius 1 is 1.07 bits per heavy atom. The molecule has 90 valence electrons. The van der Waals surface area contributed by atoms with E-state index in [9.17, 15) is 8.42 Å². The molecule has 0 unspecified atom stereocenters. The van der Waals surface area contributed by atoms with Gasteiger partial charge in [0, 0.05) is 0 Å². The van der Waals surface area contributed by atoms with Gasteiger partial charge in [-0.3, -0.25) is 4.55 Å². The summed E-state index contributed by atoms with van der Waals surface area (Å²) < 4.78 is 32.7. The van der Waals surface area contributed by atoms with Crippen molar-refractivity contribution in [2.45, 2.75) is 51.9 Å². The zero-order valence-corrected chi connectivity index (χ0v) is 12.5. The van der Waals surface area contributed by atoms with Crippen LogP contribution in [0.25, 0.3) is 0 Å². The molecule has 0 aliphatic heterocycles. The van der Waals surface area contributed by atoms with Crippen LogP contribution in [0.1, 0.15) is 54.7 Å². The van der Waals surface area contributed by atoms with Crippen LogP contribution in [0.15, 0.2) is 0 Å². The van der Waals surface area contributed by atoms with Crippen LogP contribution < -0.4 is 0 Å². The van der Waals surface area contributed by atoms with Gasteiger partial charge in [0.2, 0.25) is 0 Å². The largest absolute Gasteiger partial charge is 2.00 e. The zero-order chi connectivity index (χ0) is 10.9. The Kier molecular flexibility index (Phi) is 14.3. The molecular formula is C9H22CaO4S. The van der Waals surface area contributed by atoms with Crippen molar-refractivity contribution in [1.82, 2.24) is 0 Å². The standard InChI is InChI=1S/C9H20O4S.Ca.2H/c1-2-3-4-5-6-7-8-9-13-14(10,11)12;;;/h2-9H2,1H3,(H,10,11,12);;;/q;+2;2*-1. The minimum Gasteiger partial charge on any atom is -1.00 e. The van der Waals surface area contributed by atoms with E-state index in [0.717, 1.165) is 12.8 Å². The molecule has 0 aromatic rings. The summed E-state index contributed by atoms with van der Waals surface area (Å²) in [5.74, 6) is 0. The third-order valence-corrected chi connectivity index (χ3v) is 2.44. The van der Waals surface area contributed by atoms with Gasteiger partial charge in [0.05, 0.1) is 6.61 Å². The molecule has 0 bridgehead atoms. The van der Waals surface area contributed by atoms with Gasteiger partial charge >= 0.3 is 48.1 Å². The summed E-state index contributed by atoms with van der Waals surface area (Å²) in [5.41, 5.74) is 0. The van der Waals surface area contributed by atoms with Crippen LogP contribution in [0.5, 0.6) is 0 Å². The van der Waals surface area contributed by atoms with Crippen LogP contribution in [0.4, 0.5) is 0 Å². The molecule has 6 heteroatoms. The Bertz CT molecular complexity index is 225. The molecule has 0 saturated heterocycles. The quantitative estimate of drug-likeness (QED) is 0.395. The summed E-state index contributed by atoms with van der Waals surface area (Å²) in [6.07, 6.45) is 7.68. The monoisotopic (exact) mass is 266 g/mol. The molecule has 0 saturated carbocycles. The predicted molar refractivity (Wildman–Crippen MR) is 63.5 cm³/mol. The van der Waals surface area contributed by atoms with Crippen LogP contribution in [-0.2, 0) is 14.6 Å². The molecule has 0 amide bonds. The van der Waals surface area contributed by atoms with Gasteiger partial charge in [-0.25, -0.2) is 4.18 Å². The van der Waals surface area contributed by atoms with Crippen molar-refractivity contribution in [1.29, 1.82) is 0 Å². The Hall–Kier alpha value is 1.13. The fourth-order valence-electron chi connectivity index (χ4n) is 1.22. The smallest absolute Gasteiger partial charge is 1.00 e. The minimum atomic E-state index is -4.23. The van der Waals surface area contributed by atoms with Gasteiger partial charge in [0.15, 0.2) is 0 Å². The molecule has 0 rings (SSSR count). The molecule has 15 heavy (non-hydrogen) atoms. The van der Waals surface area contributed by atoms with Gasteiger partial charge in [-0.1, -0.05) is 45.4 Å². The number of hydrogen-bond donors (Lipinski definition) is 1. The number of hydrogen-bond acceptors (Lipinski definition) is 3. The van der Waals surface area contributed by atoms with Crippen LogP contribution in [0.3, 0.4) is 0 Å². The second-order valence-electron chi connectivity index (χ2n) is 3.37. The fourth-order valence-corrected chi connectivity index (χ4v) is 1.55. The Labute approximate surface area is 126 Å². The van der Waals surface area contributed by atoms with Gasteiger partial charge in [0.1, 0.15) is 0 Å². The van der Waals surface area contributed by atoms with Crippen molar-refractivity contribution in [2.24, 2.45) is 0 Å². The van der Waals surface area contributed by atoms with Crippen molar-refractivity contribution in [3.8, 4) is 0 Å². The first-order valence-corrected chi connectivity index (χ1v) is 6.54. The first-order valence-electron chi connectivity index (χ1n) is 5.18. The van der Waals surface area contributed by atoms with Crippen molar-refractivity contribution < 1.29 is 20.0 Å². The molecule has 0 atom stereocenters. The summed E-state index contributed by atoms with van der Waals surface area (Å²) in [7, 11) is -4.23. The van der Waals surface area contributed by atoms with Crippen LogP contribution in [-0.4, -0.2) is 57.3 Å². The van der Waals surface area contributed by atoms with Crippen molar-refractivity contribution in [3.63, 3.8) is 0 Å². The normalized spacial score (nSPS) is 11.1. The van der Waals surface area contributed by atoms with E-state index in [4.69, 9.17) is 4.55 Å². The number of rotatable bonds is 9. The van der Waals surface area contributed by atoms with E-state index in [-0.39, 0.29) is 47.2 Å². The van der Waals surface area contributed by atoms with Crippen LogP contribution in [0, 0.1) is 0 Å². The SMILES string of the molecule is CCCCCCCCCOS(=O)(=O)O.[Ca+2].[H-].[H-]. The maximum Gasteiger partial charge on any atom is 2.00 e. The van der Waals surface area contributed by atoms with Crippen molar-refractivity contribution >= 4 is 48.1 Å². The molecule has 0 fully saturated rings. The van der Waals surface area contributed by atoms with Crippen LogP contribution >= 0.6 is 0 Å². The molecule has 4 nitrogen and oxygen atoms in total. The maximum absolute atomic E-state index is 10.1. The maximum atomic E-state index is 10.1. The van der Waals surface area contributed by atoms with Gasteiger partial charge in [-0.15, -0.1) is 0 Å². The predicted octanol–water partition coefficient (Wildman–Crippen LogP) is 2.40. The summed E-state index contributed by atoms with van der Waals surface area (Å²) in [4.78, 5) is 0. The summed E-state index contributed by atoms with van der Waals surface area (Å²) in [6.45, 7) is 2.26. The van der Waals surface area contributed by atoms with E-state index in [1.54, 1.807) is 0 Å². The zero-order valence-electron chi connectivity index (χ0n) is 11.4. The van der Waals surface area contributed by atoms with Crippen LogP contribution in [0.2, 0.25) is 0 Å². The topological polar surface area (TPSA) is 63.6 Å². The molecule has 0 heterocycles. The van der Waals surface area contributed by atoms with Gasteiger partial charge in [-0.05, 0) is 6.42 Å². The summed E-state index contributed by atoms with van der Waals surface area (Å²) in [5, 5.41) is 0. The summed E-state index contributed by atoms with van der Waals surface area (Å²) in [6, 6.07) is 0. The van der Waals surface area contributed by atoms with E-state index in [1.165, 1.54) is 25.7 Å². The third kappa shape index (κ3) is 17.7. The van der Waals surface area contributed by atoms with Gasteiger partial charge in [-0.2, -0.15) is 8.42 Å². The van der Waals surface area contributed by atoms with E-state index in [2.05, 4.69) is 11.1 Å². The molecule has 0 aliphatic rings. The van der Waals surface area contributed by atoms with Gasteiger partial charge in [0.25, 0.3) is 0 Å². The average Bonchev–Trinajstić information content (AvgIpc) is 2.08. The molecule has 0 aliphatic carbocycles. The second kappa shape index (κ2) is 11.6. The van der Waals surface area contributed by atoms with E-state index in [1.807, 2.05) is 0 Å². The third-order valence-electron chi connectivity index (χ3n) is 1.98. The average molecular weight is 266 g/mol. The molecule has 0 radical (unpaired) electrons. The van der Waals surface area contributed by atoms with E-state index in [0.29, 0.717) is 6.42 Å². The Morgan fingerprint density at radius 2 is 1.53 bits per heavy atom. The molecule has 0 spiro atoms. The van der Waals surface area contributed by atoms with E-state index >= 15 is 0 Å². The second-order valence-corrected chi connectivity index (χ2v) is 4.46. The fraction of sp³-hybridized carbons (Fsp3) is 1.00. The van der Waals surface area contributed by atoms with E-state index < -0.39 is 10.4 Å². The molecule has 0 aromatic heterocycles. The first-order chi connectivity index (χ1) is 6.56.